The van der Waals surface area contributed by atoms with Crippen LogP contribution in [0.15, 0.2) is 60.9 Å². The first-order chi connectivity index (χ1) is 17.5. The third-order valence-electron chi connectivity index (χ3n) is 6.42. The lowest BCUT2D eigenvalue weighted by molar-refractivity contribution is -0.120. The zero-order chi connectivity index (χ0) is 25.5. The first-order valence-corrected chi connectivity index (χ1v) is 12.1. The van der Waals surface area contributed by atoms with E-state index in [0.717, 1.165) is 47.6 Å². The SMILES string of the molecule is COC(O)CCC(=O)Nc1ccc(CCNc2ncnc3c2c(C)c(C)n3Cc2ccccc2)cc1. The van der Waals surface area contributed by atoms with E-state index < -0.39 is 6.29 Å². The van der Waals surface area contributed by atoms with Crippen molar-refractivity contribution in [3.05, 3.63) is 83.3 Å². The average molecular weight is 488 g/mol. The van der Waals surface area contributed by atoms with Gasteiger partial charge in [0.2, 0.25) is 5.91 Å². The Labute approximate surface area is 211 Å². The second-order valence-corrected chi connectivity index (χ2v) is 8.85. The van der Waals surface area contributed by atoms with Gasteiger partial charge in [0, 0.05) is 44.4 Å². The summed E-state index contributed by atoms with van der Waals surface area (Å²) in [5.41, 5.74) is 6.42. The fourth-order valence-corrected chi connectivity index (χ4v) is 4.24. The molecule has 3 N–H and O–H groups in total. The Bertz CT molecular complexity index is 1300. The Morgan fingerprint density at radius 2 is 1.81 bits per heavy atom. The van der Waals surface area contributed by atoms with E-state index in [1.807, 2.05) is 30.3 Å². The molecule has 0 aliphatic rings. The monoisotopic (exact) mass is 487 g/mol. The highest BCUT2D eigenvalue weighted by Crippen LogP contribution is 2.29. The molecular weight excluding hydrogens is 454 g/mol. The van der Waals surface area contributed by atoms with Gasteiger partial charge in [-0.25, -0.2) is 9.97 Å². The number of fused-ring (bicyclic) bond motifs is 1. The van der Waals surface area contributed by atoms with Gasteiger partial charge in [-0.1, -0.05) is 42.5 Å². The minimum Gasteiger partial charge on any atom is -0.369 e. The van der Waals surface area contributed by atoms with Crippen LogP contribution in [0.3, 0.4) is 0 Å². The van der Waals surface area contributed by atoms with Crippen LogP contribution in [-0.4, -0.2) is 45.5 Å². The van der Waals surface area contributed by atoms with Crippen LogP contribution in [0.2, 0.25) is 0 Å². The number of aromatic nitrogens is 3. The van der Waals surface area contributed by atoms with E-state index in [1.54, 1.807) is 6.33 Å². The molecule has 0 spiro atoms. The lowest BCUT2D eigenvalue weighted by Gasteiger charge is -2.10. The van der Waals surface area contributed by atoms with Crippen molar-refractivity contribution in [1.82, 2.24) is 14.5 Å². The number of aliphatic hydroxyl groups is 1. The number of amides is 1. The molecule has 2 aromatic heterocycles. The van der Waals surface area contributed by atoms with Gasteiger partial charge < -0.3 is 25.0 Å². The van der Waals surface area contributed by atoms with Crippen molar-refractivity contribution >= 4 is 28.4 Å². The molecule has 8 nitrogen and oxygen atoms in total. The Kier molecular flexibility index (Phi) is 8.30. The number of aryl methyl sites for hydroxylation is 1. The number of aliphatic hydroxyl groups excluding tert-OH is 1. The number of nitrogens with one attached hydrogen (secondary N) is 2. The largest absolute Gasteiger partial charge is 0.369 e. The van der Waals surface area contributed by atoms with Gasteiger partial charge in [0.1, 0.15) is 17.8 Å². The Balaban J connectivity index is 1.37. The number of anilines is 2. The molecule has 0 bridgehead atoms. The van der Waals surface area contributed by atoms with Crippen molar-refractivity contribution in [1.29, 1.82) is 0 Å². The summed E-state index contributed by atoms with van der Waals surface area (Å²) < 4.78 is 7.00. The number of methoxy groups -OCH3 is 1. The highest BCUT2D eigenvalue weighted by atomic mass is 16.6. The number of rotatable bonds is 11. The lowest BCUT2D eigenvalue weighted by Crippen LogP contribution is -2.16. The molecule has 2 aromatic carbocycles. The van der Waals surface area contributed by atoms with Crippen molar-refractivity contribution in [2.75, 3.05) is 24.3 Å². The Morgan fingerprint density at radius 1 is 1.06 bits per heavy atom. The highest BCUT2D eigenvalue weighted by molar-refractivity contribution is 5.92. The van der Waals surface area contributed by atoms with Crippen molar-refractivity contribution in [3.8, 4) is 0 Å². The summed E-state index contributed by atoms with van der Waals surface area (Å²) in [5, 5.41) is 16.8. The van der Waals surface area contributed by atoms with Crippen LogP contribution in [0.4, 0.5) is 11.5 Å². The molecule has 1 amide bonds. The van der Waals surface area contributed by atoms with E-state index in [0.29, 0.717) is 0 Å². The standard InChI is InChI=1S/C28H33N5O3/c1-19-20(2)33(17-22-7-5-4-6-8-22)28-26(19)27(30-18-31-28)29-16-15-21-9-11-23(12-10-21)32-24(34)13-14-25(35)36-3/h4-12,18,25,35H,13-17H2,1-3H3,(H,32,34)(H,29,30,31). The van der Waals surface area contributed by atoms with Gasteiger partial charge in [-0.05, 0) is 49.1 Å². The van der Waals surface area contributed by atoms with Crippen molar-refractivity contribution < 1.29 is 14.6 Å². The quantitative estimate of drug-likeness (QED) is 0.271. The highest BCUT2D eigenvalue weighted by Gasteiger charge is 2.16. The number of ether oxygens (including phenoxy) is 1. The topological polar surface area (TPSA) is 101 Å². The minimum atomic E-state index is -0.920. The fourth-order valence-electron chi connectivity index (χ4n) is 4.24. The van der Waals surface area contributed by atoms with Crippen LogP contribution in [0.1, 0.15) is 35.2 Å². The van der Waals surface area contributed by atoms with Crippen LogP contribution in [-0.2, 0) is 22.5 Å². The van der Waals surface area contributed by atoms with E-state index in [-0.39, 0.29) is 18.7 Å². The van der Waals surface area contributed by atoms with Gasteiger partial charge in [0.25, 0.3) is 0 Å². The van der Waals surface area contributed by atoms with E-state index in [2.05, 4.69) is 63.3 Å². The smallest absolute Gasteiger partial charge is 0.224 e. The molecule has 188 valence electrons. The molecule has 4 rings (SSSR count). The van der Waals surface area contributed by atoms with Gasteiger partial charge in [-0.3, -0.25) is 4.79 Å². The van der Waals surface area contributed by atoms with Gasteiger partial charge >= 0.3 is 0 Å². The molecule has 0 radical (unpaired) electrons. The van der Waals surface area contributed by atoms with E-state index in [4.69, 9.17) is 4.74 Å². The zero-order valence-electron chi connectivity index (χ0n) is 21.0. The van der Waals surface area contributed by atoms with Crippen molar-refractivity contribution in [2.45, 2.75) is 45.9 Å². The fraction of sp³-hybridized carbons (Fsp3) is 0.321. The lowest BCUT2D eigenvalue weighted by atomic mass is 10.1. The first kappa shape index (κ1) is 25.3. The van der Waals surface area contributed by atoms with Crippen LogP contribution in [0, 0.1) is 13.8 Å². The van der Waals surface area contributed by atoms with E-state index in [1.165, 1.54) is 23.9 Å². The minimum absolute atomic E-state index is 0.154. The Hall–Kier alpha value is -3.75. The number of hydrogen-bond donors (Lipinski definition) is 3. The average Bonchev–Trinajstić information content (AvgIpc) is 3.14. The molecule has 0 aliphatic heterocycles. The predicted molar refractivity (Wildman–Crippen MR) is 142 cm³/mol. The van der Waals surface area contributed by atoms with Crippen LogP contribution >= 0.6 is 0 Å². The van der Waals surface area contributed by atoms with Gasteiger partial charge in [0.05, 0.1) is 5.39 Å². The molecule has 4 aromatic rings. The molecule has 1 atom stereocenters. The number of carbonyl (C=O) groups excluding carboxylic acids is 1. The maximum atomic E-state index is 12.0. The van der Waals surface area contributed by atoms with Gasteiger partial charge in [-0.15, -0.1) is 0 Å². The third kappa shape index (κ3) is 6.08. The van der Waals surface area contributed by atoms with Gasteiger partial charge in [-0.2, -0.15) is 0 Å². The van der Waals surface area contributed by atoms with E-state index >= 15 is 0 Å². The first-order valence-electron chi connectivity index (χ1n) is 12.1. The molecule has 1 unspecified atom stereocenters. The molecular formula is C28H33N5O3. The Morgan fingerprint density at radius 3 is 2.53 bits per heavy atom. The summed E-state index contributed by atoms with van der Waals surface area (Å²) in [6.45, 7) is 5.74. The number of nitrogens with zero attached hydrogens (tertiary/aromatic N) is 3. The summed E-state index contributed by atoms with van der Waals surface area (Å²) >= 11 is 0. The number of hydrogen-bond acceptors (Lipinski definition) is 6. The maximum Gasteiger partial charge on any atom is 0.224 e. The normalized spacial score (nSPS) is 12.0. The van der Waals surface area contributed by atoms with Gasteiger partial charge in [0.15, 0.2) is 6.29 Å². The zero-order valence-corrected chi connectivity index (χ0v) is 21.0. The van der Waals surface area contributed by atoms with Crippen molar-refractivity contribution in [3.63, 3.8) is 0 Å². The molecule has 0 fully saturated rings. The molecule has 8 heteroatoms. The molecule has 0 saturated carbocycles. The summed E-state index contributed by atoms with van der Waals surface area (Å²) in [5.74, 6) is 0.688. The summed E-state index contributed by atoms with van der Waals surface area (Å²) in [6, 6.07) is 18.2. The second kappa shape index (κ2) is 11.8. The van der Waals surface area contributed by atoms with E-state index in [9.17, 15) is 9.90 Å². The number of carbonyl (C=O) groups is 1. The molecule has 36 heavy (non-hydrogen) atoms. The molecule has 0 saturated heterocycles. The summed E-state index contributed by atoms with van der Waals surface area (Å²) in [6.07, 6.45) is 1.96. The number of benzene rings is 2. The van der Waals surface area contributed by atoms with Crippen LogP contribution in [0.5, 0.6) is 0 Å². The maximum absolute atomic E-state index is 12.0. The molecule has 2 heterocycles. The molecule has 0 aliphatic carbocycles. The van der Waals surface area contributed by atoms with Crippen LogP contribution in [0.25, 0.3) is 11.0 Å². The van der Waals surface area contributed by atoms with Crippen LogP contribution < -0.4 is 10.6 Å². The van der Waals surface area contributed by atoms with Crippen molar-refractivity contribution in [2.24, 2.45) is 0 Å². The second-order valence-electron chi connectivity index (χ2n) is 8.85. The summed E-state index contributed by atoms with van der Waals surface area (Å²) in [4.78, 5) is 21.1. The predicted octanol–water partition coefficient (Wildman–Crippen LogP) is 4.43. The third-order valence-corrected chi connectivity index (χ3v) is 6.42. The summed E-state index contributed by atoms with van der Waals surface area (Å²) in [7, 11) is 1.41.